The lowest BCUT2D eigenvalue weighted by molar-refractivity contribution is -0.122. The Labute approximate surface area is 128 Å². The molecule has 5 nitrogen and oxygen atoms in total. The first kappa shape index (κ1) is 16.8. The van der Waals surface area contributed by atoms with Gasteiger partial charge in [-0.05, 0) is 17.7 Å². The summed E-state index contributed by atoms with van der Waals surface area (Å²) in [7, 11) is 1.60. The third-order valence-corrected chi connectivity index (χ3v) is 3.88. The monoisotopic (exact) mass is 315 g/mol. The average Bonchev–Trinajstić information content (AvgIpc) is 2.98. The first-order chi connectivity index (χ1) is 9.20. The Hall–Kier alpha value is -1.24. The van der Waals surface area contributed by atoms with E-state index in [1.807, 2.05) is 12.1 Å². The van der Waals surface area contributed by atoms with Crippen LogP contribution in [0.1, 0.15) is 15.9 Å². The number of halogens is 1. The molecule has 1 atom stereocenters. The third kappa shape index (κ3) is 4.40. The van der Waals surface area contributed by atoms with Gasteiger partial charge in [-0.25, -0.2) is 0 Å². The van der Waals surface area contributed by atoms with E-state index in [0.717, 1.165) is 17.2 Å². The van der Waals surface area contributed by atoms with E-state index in [1.165, 1.54) is 0 Å². The minimum Gasteiger partial charge on any atom is -0.355 e. The van der Waals surface area contributed by atoms with Gasteiger partial charge >= 0.3 is 0 Å². The van der Waals surface area contributed by atoms with Crippen LogP contribution in [0.15, 0.2) is 24.3 Å². The summed E-state index contributed by atoms with van der Waals surface area (Å²) in [6.45, 7) is 0.482. The molecule has 20 heavy (non-hydrogen) atoms. The van der Waals surface area contributed by atoms with Crippen molar-refractivity contribution in [1.82, 2.24) is 16.0 Å². The fraction of sp³-hybridized carbons (Fsp3) is 0.385. The number of carbonyl (C=O) groups excluding carboxylic acids is 2. The Morgan fingerprint density at radius 3 is 2.60 bits per heavy atom. The van der Waals surface area contributed by atoms with Gasteiger partial charge in [-0.15, -0.1) is 24.2 Å². The Bertz CT molecular complexity index is 461. The molecule has 1 saturated heterocycles. The Balaban J connectivity index is 0.00000200. The second-order valence-electron chi connectivity index (χ2n) is 4.27. The molecule has 0 saturated carbocycles. The maximum absolute atomic E-state index is 11.8. The van der Waals surface area contributed by atoms with Crippen LogP contribution in [0.2, 0.25) is 0 Å². The van der Waals surface area contributed by atoms with Crippen molar-refractivity contribution in [2.24, 2.45) is 0 Å². The van der Waals surface area contributed by atoms with E-state index in [2.05, 4.69) is 16.0 Å². The summed E-state index contributed by atoms with van der Waals surface area (Å²) in [5.41, 5.74) is 1.60. The molecule has 0 spiro atoms. The van der Waals surface area contributed by atoms with Crippen molar-refractivity contribution in [1.29, 1.82) is 0 Å². The summed E-state index contributed by atoms with van der Waals surface area (Å²) >= 11 is 1.72. The molecule has 1 aliphatic heterocycles. The van der Waals surface area contributed by atoms with Gasteiger partial charge < -0.3 is 10.6 Å². The van der Waals surface area contributed by atoms with Crippen molar-refractivity contribution in [2.75, 3.05) is 18.7 Å². The number of hydrogen-bond donors (Lipinski definition) is 3. The molecule has 3 N–H and O–H groups in total. The molecule has 1 aromatic carbocycles. The molecule has 0 aromatic heterocycles. The van der Waals surface area contributed by atoms with Crippen LogP contribution in [0.4, 0.5) is 0 Å². The van der Waals surface area contributed by atoms with Gasteiger partial charge in [-0.3, -0.25) is 14.9 Å². The quantitative estimate of drug-likeness (QED) is 0.767. The second kappa shape index (κ2) is 8.14. The molecule has 1 aromatic rings. The van der Waals surface area contributed by atoms with Crippen molar-refractivity contribution >= 4 is 36.0 Å². The summed E-state index contributed by atoms with van der Waals surface area (Å²) in [6, 6.07) is 7.12. The highest BCUT2D eigenvalue weighted by Gasteiger charge is 2.21. The number of carbonyl (C=O) groups is 2. The highest BCUT2D eigenvalue weighted by molar-refractivity contribution is 7.99. The van der Waals surface area contributed by atoms with E-state index >= 15 is 0 Å². The van der Waals surface area contributed by atoms with Crippen LogP contribution in [-0.2, 0) is 11.3 Å². The van der Waals surface area contributed by atoms with Crippen LogP contribution >= 0.6 is 24.2 Å². The van der Waals surface area contributed by atoms with Crippen LogP contribution in [0.5, 0.6) is 0 Å². The van der Waals surface area contributed by atoms with E-state index < -0.39 is 0 Å². The Morgan fingerprint density at radius 2 is 2.05 bits per heavy atom. The van der Waals surface area contributed by atoms with Crippen LogP contribution in [0.3, 0.4) is 0 Å². The molecule has 1 fully saturated rings. The minimum absolute atomic E-state index is 0. The predicted molar refractivity (Wildman–Crippen MR) is 83.2 cm³/mol. The van der Waals surface area contributed by atoms with Gasteiger partial charge in [0.2, 0.25) is 5.91 Å². The fourth-order valence-electron chi connectivity index (χ4n) is 1.79. The molecule has 0 aliphatic carbocycles. The van der Waals surface area contributed by atoms with Gasteiger partial charge in [0.15, 0.2) is 0 Å². The molecule has 0 radical (unpaired) electrons. The Kier molecular flexibility index (Phi) is 6.84. The van der Waals surface area contributed by atoms with Crippen molar-refractivity contribution < 1.29 is 9.59 Å². The van der Waals surface area contributed by atoms with E-state index in [-0.39, 0.29) is 30.3 Å². The smallest absolute Gasteiger partial charge is 0.251 e. The average molecular weight is 316 g/mol. The van der Waals surface area contributed by atoms with E-state index in [4.69, 9.17) is 0 Å². The van der Waals surface area contributed by atoms with Crippen LogP contribution in [0.25, 0.3) is 0 Å². The molecule has 2 amide bonds. The number of thioether (sulfide) groups is 1. The van der Waals surface area contributed by atoms with Crippen LogP contribution in [0, 0.1) is 0 Å². The largest absolute Gasteiger partial charge is 0.355 e. The van der Waals surface area contributed by atoms with E-state index in [9.17, 15) is 9.59 Å². The van der Waals surface area contributed by atoms with Crippen molar-refractivity contribution in [3.8, 4) is 0 Å². The van der Waals surface area contributed by atoms with Gasteiger partial charge in [-0.2, -0.15) is 0 Å². The number of nitrogens with one attached hydrogen (secondary N) is 3. The van der Waals surface area contributed by atoms with Gasteiger partial charge in [0.25, 0.3) is 5.91 Å². The van der Waals surface area contributed by atoms with Crippen molar-refractivity contribution in [2.45, 2.75) is 12.6 Å². The molecule has 2 rings (SSSR count). The summed E-state index contributed by atoms with van der Waals surface area (Å²) in [4.78, 5) is 23.2. The maximum Gasteiger partial charge on any atom is 0.251 e. The third-order valence-electron chi connectivity index (χ3n) is 2.94. The topological polar surface area (TPSA) is 70.2 Å². The van der Waals surface area contributed by atoms with Crippen molar-refractivity contribution in [3.63, 3.8) is 0 Å². The summed E-state index contributed by atoms with van der Waals surface area (Å²) in [6.07, 6.45) is 0. The van der Waals surface area contributed by atoms with E-state index in [1.54, 1.807) is 30.9 Å². The molecule has 7 heteroatoms. The lowest BCUT2D eigenvalue weighted by Gasteiger charge is -2.10. The van der Waals surface area contributed by atoms with Gasteiger partial charge in [0.05, 0.1) is 6.04 Å². The zero-order chi connectivity index (χ0) is 13.7. The van der Waals surface area contributed by atoms with Gasteiger partial charge in [0.1, 0.15) is 0 Å². The molecule has 0 bridgehead atoms. The first-order valence-corrected chi connectivity index (χ1v) is 7.26. The molecular weight excluding hydrogens is 298 g/mol. The standard InChI is InChI=1S/C13H17N3O2S.ClH/c1-14-12(17)10-4-2-9(3-5-10)6-15-13(18)11-7-19-8-16-11;/h2-5,11,16H,6-8H2,1H3,(H,14,17)(H,15,18);1H. The molecule has 110 valence electrons. The fourth-order valence-corrected chi connectivity index (χ4v) is 2.74. The normalized spacial score (nSPS) is 17.1. The number of hydrogen-bond acceptors (Lipinski definition) is 4. The molecule has 1 unspecified atom stereocenters. The lowest BCUT2D eigenvalue weighted by Crippen LogP contribution is -2.41. The van der Waals surface area contributed by atoms with Crippen LogP contribution in [-0.4, -0.2) is 36.5 Å². The zero-order valence-corrected chi connectivity index (χ0v) is 12.8. The second-order valence-corrected chi connectivity index (χ2v) is 5.30. The molecule has 1 aliphatic rings. The van der Waals surface area contributed by atoms with Gasteiger partial charge in [-0.1, -0.05) is 12.1 Å². The number of benzene rings is 1. The van der Waals surface area contributed by atoms with E-state index in [0.29, 0.717) is 12.1 Å². The molecular formula is C13H18ClN3O2S. The SMILES string of the molecule is CNC(=O)c1ccc(CNC(=O)C2CSCN2)cc1.Cl. The number of amides is 2. The zero-order valence-electron chi connectivity index (χ0n) is 11.1. The van der Waals surface area contributed by atoms with Crippen molar-refractivity contribution in [3.05, 3.63) is 35.4 Å². The highest BCUT2D eigenvalue weighted by Crippen LogP contribution is 2.10. The molecule has 1 heterocycles. The Morgan fingerprint density at radius 1 is 1.35 bits per heavy atom. The predicted octanol–water partition coefficient (Wildman–Crippen LogP) is 0.747. The first-order valence-electron chi connectivity index (χ1n) is 6.10. The summed E-state index contributed by atoms with van der Waals surface area (Å²) in [5.74, 6) is 1.57. The highest BCUT2D eigenvalue weighted by atomic mass is 35.5. The number of rotatable bonds is 4. The summed E-state index contributed by atoms with van der Waals surface area (Å²) < 4.78 is 0. The van der Waals surface area contributed by atoms with Gasteiger partial charge in [0, 0.05) is 30.8 Å². The van der Waals surface area contributed by atoms with Crippen LogP contribution < -0.4 is 16.0 Å². The maximum atomic E-state index is 11.8. The summed E-state index contributed by atoms with van der Waals surface area (Å²) in [5, 5.41) is 8.58. The minimum atomic E-state index is -0.109. The lowest BCUT2D eigenvalue weighted by atomic mass is 10.1.